The first-order chi connectivity index (χ1) is 16.0. The number of hydrogen-bond acceptors (Lipinski definition) is 6. The van der Waals surface area contributed by atoms with Gasteiger partial charge in [0.1, 0.15) is 0 Å². The van der Waals surface area contributed by atoms with Crippen molar-refractivity contribution in [2.75, 3.05) is 13.7 Å². The SMILES string of the molecule is COC(=O)c1ccc(CNC(=O)COC(=O)c2c3c(nc4ccc(C)cc24)CCCC3)cc1. The zero-order valence-electron chi connectivity index (χ0n) is 18.8. The van der Waals surface area contributed by atoms with Crippen molar-refractivity contribution in [3.63, 3.8) is 0 Å². The van der Waals surface area contributed by atoms with E-state index in [-0.39, 0.29) is 13.2 Å². The topological polar surface area (TPSA) is 94.6 Å². The number of esters is 2. The van der Waals surface area contributed by atoms with E-state index in [1.54, 1.807) is 24.3 Å². The Morgan fingerprint density at radius 3 is 2.52 bits per heavy atom. The normalized spacial score (nSPS) is 12.7. The molecule has 1 amide bonds. The highest BCUT2D eigenvalue weighted by Crippen LogP contribution is 2.30. The lowest BCUT2D eigenvalue weighted by atomic mass is 9.89. The number of carbonyl (C=O) groups excluding carboxylic acids is 3. The Bertz CT molecular complexity index is 1220. The number of carbonyl (C=O) groups is 3. The Kier molecular flexibility index (Phi) is 6.68. The van der Waals surface area contributed by atoms with E-state index in [2.05, 4.69) is 10.1 Å². The minimum Gasteiger partial charge on any atom is -0.465 e. The molecule has 1 N–H and O–H groups in total. The monoisotopic (exact) mass is 446 g/mol. The lowest BCUT2D eigenvalue weighted by Gasteiger charge is -2.20. The number of pyridine rings is 1. The number of methoxy groups -OCH3 is 1. The minimum absolute atomic E-state index is 0.255. The van der Waals surface area contributed by atoms with Crippen molar-refractivity contribution in [1.29, 1.82) is 0 Å². The Balaban J connectivity index is 1.43. The second-order valence-corrected chi connectivity index (χ2v) is 8.18. The summed E-state index contributed by atoms with van der Waals surface area (Å²) in [5.41, 5.74) is 5.47. The van der Waals surface area contributed by atoms with Gasteiger partial charge in [-0.15, -0.1) is 0 Å². The fraction of sp³-hybridized carbons (Fsp3) is 0.308. The standard InChI is InChI=1S/C26H26N2O5/c1-16-7-12-22-20(13-16)24(19-5-3-4-6-21(19)28-22)26(31)33-15-23(29)27-14-17-8-10-18(11-9-17)25(30)32-2/h7-13H,3-6,14-15H2,1-2H3,(H,27,29). The minimum atomic E-state index is -0.497. The van der Waals surface area contributed by atoms with Crippen LogP contribution >= 0.6 is 0 Å². The lowest BCUT2D eigenvalue weighted by molar-refractivity contribution is -0.124. The number of ether oxygens (including phenoxy) is 2. The molecule has 0 bridgehead atoms. The van der Waals surface area contributed by atoms with Gasteiger partial charge in [-0.05, 0) is 68.0 Å². The zero-order chi connectivity index (χ0) is 23.4. The number of aryl methyl sites for hydroxylation is 2. The molecule has 2 aromatic carbocycles. The van der Waals surface area contributed by atoms with Gasteiger partial charge in [0.05, 0.1) is 23.8 Å². The van der Waals surface area contributed by atoms with Crippen LogP contribution in [0, 0.1) is 6.92 Å². The first-order valence-electron chi connectivity index (χ1n) is 11.0. The second-order valence-electron chi connectivity index (χ2n) is 8.18. The molecule has 0 atom stereocenters. The van der Waals surface area contributed by atoms with Gasteiger partial charge in [0, 0.05) is 17.6 Å². The molecular formula is C26H26N2O5. The van der Waals surface area contributed by atoms with Crippen molar-refractivity contribution >= 4 is 28.7 Å². The van der Waals surface area contributed by atoms with Gasteiger partial charge in [-0.25, -0.2) is 9.59 Å². The van der Waals surface area contributed by atoms with Gasteiger partial charge >= 0.3 is 11.9 Å². The molecule has 4 rings (SSSR count). The van der Waals surface area contributed by atoms with Gasteiger partial charge in [0.25, 0.3) is 5.91 Å². The lowest BCUT2D eigenvalue weighted by Crippen LogP contribution is -2.29. The van der Waals surface area contributed by atoms with E-state index < -0.39 is 17.8 Å². The number of fused-ring (bicyclic) bond motifs is 2. The molecule has 3 aromatic rings. The van der Waals surface area contributed by atoms with Crippen molar-refractivity contribution in [2.24, 2.45) is 0 Å². The van der Waals surface area contributed by atoms with Crippen molar-refractivity contribution in [3.8, 4) is 0 Å². The Morgan fingerprint density at radius 2 is 1.76 bits per heavy atom. The summed E-state index contributed by atoms with van der Waals surface area (Å²) in [6, 6.07) is 12.6. The van der Waals surface area contributed by atoms with E-state index >= 15 is 0 Å². The molecule has 0 aliphatic heterocycles. The Labute approximate surface area is 192 Å². The third kappa shape index (κ3) is 5.03. The molecule has 0 fully saturated rings. The highest BCUT2D eigenvalue weighted by Gasteiger charge is 2.24. The first kappa shape index (κ1) is 22.5. The van der Waals surface area contributed by atoms with E-state index in [1.165, 1.54) is 7.11 Å². The average Bonchev–Trinajstić information content (AvgIpc) is 2.84. The summed E-state index contributed by atoms with van der Waals surface area (Å²) in [5, 5.41) is 3.50. The van der Waals surface area contributed by atoms with Gasteiger partial charge < -0.3 is 14.8 Å². The molecule has 7 heteroatoms. The summed E-state index contributed by atoms with van der Waals surface area (Å²) in [4.78, 5) is 41.6. The van der Waals surface area contributed by atoms with Crippen LogP contribution in [0.5, 0.6) is 0 Å². The summed E-state index contributed by atoms with van der Waals surface area (Å²) in [5.74, 6) is -1.31. The summed E-state index contributed by atoms with van der Waals surface area (Å²) in [6.45, 7) is 1.85. The van der Waals surface area contributed by atoms with Gasteiger partial charge in [-0.2, -0.15) is 0 Å². The van der Waals surface area contributed by atoms with Crippen molar-refractivity contribution < 1.29 is 23.9 Å². The molecule has 1 heterocycles. The van der Waals surface area contributed by atoms with Crippen LogP contribution in [0.1, 0.15) is 55.9 Å². The summed E-state index contributed by atoms with van der Waals surface area (Å²) >= 11 is 0. The van der Waals surface area contributed by atoms with E-state index in [0.717, 1.165) is 59.0 Å². The molecule has 0 saturated heterocycles. The number of amides is 1. The molecule has 1 aliphatic rings. The third-order valence-electron chi connectivity index (χ3n) is 5.82. The molecule has 0 saturated carbocycles. The number of hydrogen-bond donors (Lipinski definition) is 1. The van der Waals surface area contributed by atoms with Crippen LogP contribution in [-0.2, 0) is 33.7 Å². The Morgan fingerprint density at radius 1 is 1.00 bits per heavy atom. The summed E-state index contributed by atoms with van der Waals surface area (Å²) in [6.07, 6.45) is 3.68. The predicted octanol–water partition coefficient (Wildman–Crippen LogP) is 3.68. The van der Waals surface area contributed by atoms with Crippen molar-refractivity contribution in [2.45, 2.75) is 39.2 Å². The van der Waals surface area contributed by atoms with Gasteiger partial charge in [-0.1, -0.05) is 23.8 Å². The van der Waals surface area contributed by atoms with Crippen molar-refractivity contribution in [1.82, 2.24) is 10.3 Å². The van der Waals surface area contributed by atoms with E-state index in [9.17, 15) is 14.4 Å². The molecule has 1 aliphatic carbocycles. The van der Waals surface area contributed by atoms with Crippen molar-refractivity contribution in [3.05, 3.63) is 76.0 Å². The second kappa shape index (κ2) is 9.81. The quantitative estimate of drug-likeness (QED) is 0.581. The van der Waals surface area contributed by atoms with Gasteiger partial charge in [0.15, 0.2) is 6.61 Å². The molecule has 0 unspecified atom stereocenters. The van der Waals surface area contributed by atoms with Gasteiger partial charge in [0.2, 0.25) is 0 Å². The fourth-order valence-corrected chi connectivity index (χ4v) is 4.10. The van der Waals surface area contributed by atoms with Crippen LogP contribution in [0.3, 0.4) is 0 Å². The molecular weight excluding hydrogens is 420 g/mol. The van der Waals surface area contributed by atoms with Gasteiger partial charge in [-0.3, -0.25) is 9.78 Å². The number of rotatable bonds is 6. The Hall–Kier alpha value is -3.74. The smallest absolute Gasteiger partial charge is 0.339 e. The van der Waals surface area contributed by atoms with Crippen LogP contribution < -0.4 is 5.32 Å². The summed E-state index contributed by atoms with van der Waals surface area (Å²) in [7, 11) is 1.32. The molecule has 170 valence electrons. The third-order valence-corrected chi connectivity index (χ3v) is 5.82. The van der Waals surface area contributed by atoms with E-state index in [4.69, 9.17) is 9.72 Å². The number of nitrogens with one attached hydrogen (secondary N) is 1. The molecule has 7 nitrogen and oxygen atoms in total. The molecule has 33 heavy (non-hydrogen) atoms. The van der Waals surface area contributed by atoms with Crippen LogP contribution in [0.4, 0.5) is 0 Å². The fourth-order valence-electron chi connectivity index (χ4n) is 4.10. The maximum Gasteiger partial charge on any atom is 0.339 e. The number of benzene rings is 2. The van der Waals surface area contributed by atoms with E-state index in [1.807, 2.05) is 25.1 Å². The van der Waals surface area contributed by atoms with Crippen LogP contribution in [0.2, 0.25) is 0 Å². The number of nitrogens with zero attached hydrogens (tertiary/aromatic N) is 1. The largest absolute Gasteiger partial charge is 0.465 e. The van der Waals surface area contributed by atoms with Crippen LogP contribution in [-0.4, -0.2) is 36.5 Å². The molecule has 1 aromatic heterocycles. The average molecular weight is 447 g/mol. The number of aromatic nitrogens is 1. The zero-order valence-corrected chi connectivity index (χ0v) is 18.8. The highest BCUT2D eigenvalue weighted by atomic mass is 16.5. The first-order valence-corrected chi connectivity index (χ1v) is 11.0. The summed E-state index contributed by atoms with van der Waals surface area (Å²) < 4.78 is 10.1. The predicted molar refractivity (Wildman–Crippen MR) is 123 cm³/mol. The maximum absolute atomic E-state index is 13.1. The highest BCUT2D eigenvalue weighted by molar-refractivity contribution is 6.05. The molecule has 0 radical (unpaired) electrons. The maximum atomic E-state index is 13.1. The van der Waals surface area contributed by atoms with Crippen LogP contribution in [0.25, 0.3) is 10.9 Å². The molecule has 0 spiro atoms. The van der Waals surface area contributed by atoms with Crippen LogP contribution in [0.15, 0.2) is 42.5 Å². The van der Waals surface area contributed by atoms with E-state index in [0.29, 0.717) is 11.1 Å².